The number of rotatable bonds is 5. The SMILES string of the molecule is COc1ccccc1N[C@H](C)C(=O)N(C)[C@@H]1CCS(=O)(=O)C1. The van der Waals surface area contributed by atoms with Gasteiger partial charge in [-0.15, -0.1) is 0 Å². The maximum Gasteiger partial charge on any atom is 0.244 e. The van der Waals surface area contributed by atoms with Gasteiger partial charge in [0.15, 0.2) is 9.84 Å². The van der Waals surface area contributed by atoms with Crippen molar-refractivity contribution in [2.24, 2.45) is 0 Å². The molecule has 2 rings (SSSR count). The number of ether oxygens (including phenoxy) is 1. The number of amides is 1. The molecule has 6 nitrogen and oxygen atoms in total. The van der Waals surface area contributed by atoms with E-state index in [1.807, 2.05) is 24.3 Å². The number of nitrogens with zero attached hydrogens (tertiary/aromatic N) is 1. The van der Waals surface area contributed by atoms with E-state index in [2.05, 4.69) is 5.32 Å². The summed E-state index contributed by atoms with van der Waals surface area (Å²) in [5.41, 5.74) is 0.735. The number of benzene rings is 1. The van der Waals surface area contributed by atoms with Crippen LogP contribution in [0.15, 0.2) is 24.3 Å². The molecule has 1 aromatic rings. The molecule has 1 amide bonds. The zero-order chi connectivity index (χ0) is 16.3. The average molecular weight is 326 g/mol. The summed E-state index contributed by atoms with van der Waals surface area (Å²) < 4.78 is 28.3. The number of likely N-dealkylation sites (N-methyl/N-ethyl adjacent to an activating group) is 1. The number of nitrogens with one attached hydrogen (secondary N) is 1. The van der Waals surface area contributed by atoms with Gasteiger partial charge < -0.3 is 15.0 Å². The fourth-order valence-electron chi connectivity index (χ4n) is 2.63. The first kappa shape index (κ1) is 16.6. The molecule has 0 aromatic heterocycles. The van der Waals surface area contributed by atoms with Crippen LogP contribution in [-0.2, 0) is 14.6 Å². The maximum absolute atomic E-state index is 12.5. The van der Waals surface area contributed by atoms with Crippen molar-refractivity contribution in [1.29, 1.82) is 0 Å². The highest BCUT2D eigenvalue weighted by atomic mass is 32.2. The van der Waals surface area contributed by atoms with Crippen molar-refractivity contribution >= 4 is 21.4 Å². The number of sulfone groups is 1. The molecular weight excluding hydrogens is 304 g/mol. The maximum atomic E-state index is 12.5. The summed E-state index contributed by atoms with van der Waals surface area (Å²) in [5.74, 6) is 0.737. The molecule has 0 saturated carbocycles. The fourth-order valence-corrected chi connectivity index (χ4v) is 4.40. The zero-order valence-electron chi connectivity index (χ0n) is 13.1. The number of hydrogen-bond acceptors (Lipinski definition) is 5. The van der Waals surface area contributed by atoms with E-state index in [9.17, 15) is 13.2 Å². The number of carbonyl (C=O) groups is 1. The predicted octanol–water partition coefficient (Wildman–Crippen LogP) is 1.14. The third kappa shape index (κ3) is 3.71. The third-order valence-electron chi connectivity index (χ3n) is 3.95. The Kier molecular flexibility index (Phi) is 4.95. The molecule has 1 heterocycles. The van der Waals surface area contributed by atoms with Crippen molar-refractivity contribution in [3.05, 3.63) is 24.3 Å². The normalized spacial score (nSPS) is 21.1. The molecule has 1 saturated heterocycles. The molecule has 0 bridgehead atoms. The molecule has 1 aliphatic rings. The summed E-state index contributed by atoms with van der Waals surface area (Å²) in [6.45, 7) is 1.76. The van der Waals surface area contributed by atoms with E-state index in [-0.39, 0.29) is 23.5 Å². The van der Waals surface area contributed by atoms with Gasteiger partial charge in [-0.1, -0.05) is 12.1 Å². The van der Waals surface area contributed by atoms with Gasteiger partial charge in [0.25, 0.3) is 0 Å². The van der Waals surface area contributed by atoms with Gasteiger partial charge in [0, 0.05) is 13.1 Å². The number of methoxy groups -OCH3 is 1. The minimum Gasteiger partial charge on any atom is -0.495 e. The summed E-state index contributed by atoms with van der Waals surface area (Å²) in [6, 6.07) is 6.65. The first-order valence-corrected chi connectivity index (χ1v) is 9.03. The topological polar surface area (TPSA) is 75.7 Å². The molecule has 1 N–H and O–H groups in total. The Bertz CT molecular complexity index is 645. The zero-order valence-corrected chi connectivity index (χ0v) is 13.9. The van der Waals surface area contributed by atoms with Gasteiger partial charge in [0.05, 0.1) is 24.3 Å². The lowest BCUT2D eigenvalue weighted by Gasteiger charge is -2.27. The fraction of sp³-hybridized carbons (Fsp3) is 0.533. The van der Waals surface area contributed by atoms with Crippen molar-refractivity contribution in [2.45, 2.75) is 25.4 Å². The van der Waals surface area contributed by atoms with E-state index in [1.54, 1.807) is 21.1 Å². The lowest BCUT2D eigenvalue weighted by Crippen LogP contribution is -2.45. The molecule has 1 fully saturated rings. The summed E-state index contributed by atoms with van der Waals surface area (Å²) in [5, 5.41) is 3.12. The van der Waals surface area contributed by atoms with E-state index >= 15 is 0 Å². The van der Waals surface area contributed by atoms with Gasteiger partial charge in [0.1, 0.15) is 11.8 Å². The average Bonchev–Trinajstić information content (AvgIpc) is 2.86. The molecule has 1 aromatic carbocycles. The number of para-hydroxylation sites is 2. The molecule has 0 spiro atoms. The summed E-state index contributed by atoms with van der Waals surface area (Å²) in [4.78, 5) is 14.0. The van der Waals surface area contributed by atoms with Crippen LogP contribution in [0.5, 0.6) is 5.75 Å². The highest BCUT2D eigenvalue weighted by Gasteiger charge is 2.34. The summed E-state index contributed by atoms with van der Waals surface area (Å²) in [7, 11) is 0.229. The Morgan fingerprint density at radius 3 is 2.68 bits per heavy atom. The summed E-state index contributed by atoms with van der Waals surface area (Å²) >= 11 is 0. The minimum absolute atomic E-state index is 0.0522. The van der Waals surface area contributed by atoms with Crippen LogP contribution in [0.1, 0.15) is 13.3 Å². The van der Waals surface area contributed by atoms with Crippen LogP contribution in [-0.4, -0.2) is 57.0 Å². The Morgan fingerprint density at radius 1 is 1.41 bits per heavy atom. The third-order valence-corrected chi connectivity index (χ3v) is 5.70. The molecule has 22 heavy (non-hydrogen) atoms. The smallest absolute Gasteiger partial charge is 0.244 e. The van der Waals surface area contributed by atoms with Crippen molar-refractivity contribution in [3.63, 3.8) is 0 Å². The number of carbonyl (C=O) groups excluding carboxylic acids is 1. The van der Waals surface area contributed by atoms with Gasteiger partial charge in [-0.2, -0.15) is 0 Å². The second kappa shape index (κ2) is 6.56. The van der Waals surface area contributed by atoms with Gasteiger partial charge in [0.2, 0.25) is 5.91 Å². The first-order valence-electron chi connectivity index (χ1n) is 7.20. The molecule has 1 aliphatic heterocycles. The predicted molar refractivity (Wildman–Crippen MR) is 85.9 cm³/mol. The Morgan fingerprint density at radius 2 is 2.09 bits per heavy atom. The van der Waals surface area contributed by atoms with Crippen molar-refractivity contribution in [1.82, 2.24) is 4.90 Å². The second-order valence-corrected chi connectivity index (χ2v) is 7.80. The van der Waals surface area contributed by atoms with E-state index in [1.165, 1.54) is 4.90 Å². The molecule has 7 heteroatoms. The molecule has 0 aliphatic carbocycles. The molecule has 2 atom stereocenters. The van der Waals surface area contributed by atoms with Crippen LogP contribution in [0.25, 0.3) is 0 Å². The van der Waals surface area contributed by atoms with Gasteiger partial charge in [-0.05, 0) is 25.5 Å². The van der Waals surface area contributed by atoms with Gasteiger partial charge >= 0.3 is 0 Å². The van der Waals surface area contributed by atoms with Crippen LogP contribution >= 0.6 is 0 Å². The van der Waals surface area contributed by atoms with Crippen LogP contribution in [0.3, 0.4) is 0 Å². The number of anilines is 1. The van der Waals surface area contributed by atoms with Gasteiger partial charge in [-0.3, -0.25) is 4.79 Å². The van der Waals surface area contributed by atoms with Crippen LogP contribution in [0, 0.1) is 0 Å². The largest absolute Gasteiger partial charge is 0.495 e. The summed E-state index contributed by atoms with van der Waals surface area (Å²) in [6.07, 6.45) is 0.506. The van der Waals surface area contributed by atoms with E-state index < -0.39 is 15.9 Å². The molecule has 0 unspecified atom stereocenters. The Hall–Kier alpha value is -1.76. The van der Waals surface area contributed by atoms with E-state index in [4.69, 9.17) is 4.74 Å². The van der Waals surface area contributed by atoms with E-state index in [0.29, 0.717) is 12.2 Å². The lowest BCUT2D eigenvalue weighted by atomic mass is 10.2. The quantitative estimate of drug-likeness (QED) is 0.878. The Labute approximate surface area is 131 Å². The highest BCUT2D eigenvalue weighted by molar-refractivity contribution is 7.91. The molecule has 122 valence electrons. The van der Waals surface area contributed by atoms with Crippen molar-refractivity contribution < 1.29 is 17.9 Å². The van der Waals surface area contributed by atoms with Crippen molar-refractivity contribution in [3.8, 4) is 5.75 Å². The van der Waals surface area contributed by atoms with E-state index in [0.717, 1.165) is 5.69 Å². The minimum atomic E-state index is -3.00. The monoisotopic (exact) mass is 326 g/mol. The Balaban J connectivity index is 2.03. The number of hydrogen-bond donors (Lipinski definition) is 1. The second-order valence-electron chi connectivity index (χ2n) is 5.57. The van der Waals surface area contributed by atoms with Crippen LogP contribution in [0.2, 0.25) is 0 Å². The molecular formula is C15H22N2O4S. The van der Waals surface area contributed by atoms with Crippen molar-refractivity contribution in [2.75, 3.05) is 31.0 Å². The van der Waals surface area contributed by atoms with Crippen LogP contribution in [0.4, 0.5) is 5.69 Å². The van der Waals surface area contributed by atoms with Gasteiger partial charge in [-0.25, -0.2) is 8.42 Å². The van der Waals surface area contributed by atoms with Crippen LogP contribution < -0.4 is 10.1 Å². The first-order chi connectivity index (χ1) is 10.3. The highest BCUT2D eigenvalue weighted by Crippen LogP contribution is 2.24. The lowest BCUT2D eigenvalue weighted by molar-refractivity contribution is -0.132. The molecule has 0 radical (unpaired) electrons. The standard InChI is InChI=1S/C15H22N2O4S/c1-11(16-13-6-4-5-7-14(13)21-3)15(18)17(2)12-8-9-22(19,20)10-12/h4-7,11-12,16H,8-10H2,1-3H3/t11-,12-/m1/s1.